The van der Waals surface area contributed by atoms with Crippen molar-refractivity contribution in [3.8, 4) is 0 Å². The molecule has 1 saturated heterocycles. The van der Waals surface area contributed by atoms with Gasteiger partial charge in [0.15, 0.2) is 4.80 Å². The summed E-state index contributed by atoms with van der Waals surface area (Å²) in [6.07, 6.45) is 1.21. The van der Waals surface area contributed by atoms with Crippen LogP contribution in [0.5, 0.6) is 0 Å². The zero-order valence-corrected chi connectivity index (χ0v) is 21.8. The van der Waals surface area contributed by atoms with Crippen LogP contribution >= 0.6 is 22.9 Å². The number of hydrogen-bond donors (Lipinski definition) is 0. The maximum Gasteiger partial charge on any atom is 0.252 e. The number of nitrogens with zero attached hydrogens (tertiary/aromatic N) is 3. The monoisotopic (exact) mass is 521 g/mol. The highest BCUT2D eigenvalue weighted by Crippen LogP contribution is 2.26. The van der Waals surface area contributed by atoms with E-state index in [1.807, 2.05) is 11.5 Å². The molecule has 0 N–H and O–H groups in total. The van der Waals surface area contributed by atoms with Crippen molar-refractivity contribution in [2.75, 3.05) is 26.8 Å². The van der Waals surface area contributed by atoms with E-state index in [2.05, 4.69) is 24.0 Å². The summed E-state index contributed by atoms with van der Waals surface area (Å²) in [6, 6.07) is 10.3. The largest absolute Gasteiger partial charge is 0.383 e. The van der Waals surface area contributed by atoms with Crippen molar-refractivity contribution in [2.45, 2.75) is 38.1 Å². The van der Waals surface area contributed by atoms with Gasteiger partial charge in [-0.1, -0.05) is 29.0 Å². The van der Waals surface area contributed by atoms with Crippen LogP contribution in [0.1, 0.15) is 24.0 Å². The lowest BCUT2D eigenvalue weighted by Gasteiger charge is -2.30. The van der Waals surface area contributed by atoms with Crippen molar-refractivity contribution >= 4 is 49.1 Å². The summed E-state index contributed by atoms with van der Waals surface area (Å²) in [7, 11) is -2.06. The normalized spacial score (nSPS) is 18.0. The van der Waals surface area contributed by atoms with Crippen molar-refractivity contribution in [3.63, 3.8) is 0 Å². The van der Waals surface area contributed by atoms with Crippen LogP contribution in [0, 0.1) is 19.8 Å². The third-order valence-corrected chi connectivity index (χ3v) is 9.38. The Kier molecular flexibility index (Phi) is 7.59. The van der Waals surface area contributed by atoms with E-state index < -0.39 is 15.9 Å². The number of piperidine rings is 1. The van der Waals surface area contributed by atoms with Gasteiger partial charge in [-0.3, -0.25) is 4.79 Å². The quantitative estimate of drug-likeness (QED) is 0.488. The Labute approximate surface area is 208 Å². The van der Waals surface area contributed by atoms with Crippen molar-refractivity contribution in [1.82, 2.24) is 8.87 Å². The minimum absolute atomic E-state index is 0.119. The summed E-state index contributed by atoms with van der Waals surface area (Å²) >= 11 is 7.39. The van der Waals surface area contributed by atoms with Gasteiger partial charge < -0.3 is 9.30 Å². The number of benzene rings is 2. The Bertz CT molecular complexity index is 1380. The molecule has 0 bridgehead atoms. The van der Waals surface area contributed by atoms with Crippen LogP contribution in [0.15, 0.2) is 46.3 Å². The molecular formula is C24H28ClN3O4S2. The molecule has 4 rings (SSSR count). The summed E-state index contributed by atoms with van der Waals surface area (Å²) in [5.41, 5.74) is 3.31. The molecule has 0 aliphatic carbocycles. The van der Waals surface area contributed by atoms with Crippen molar-refractivity contribution < 1.29 is 17.9 Å². The van der Waals surface area contributed by atoms with Crippen LogP contribution in [0.2, 0.25) is 5.02 Å². The average molecular weight is 522 g/mol. The molecule has 1 fully saturated rings. The summed E-state index contributed by atoms with van der Waals surface area (Å²) in [6.45, 7) is 5.67. The SMILES string of the molecule is COCCn1c(=NC(=O)C2CCCN(S(=O)(=O)c3ccc(Cl)cc3)C2)sc2c(C)cc(C)cc21. The molecule has 1 aliphatic heterocycles. The maximum atomic E-state index is 13.2. The fourth-order valence-electron chi connectivity index (χ4n) is 4.30. The van der Waals surface area contributed by atoms with Gasteiger partial charge in [-0.25, -0.2) is 8.42 Å². The van der Waals surface area contributed by atoms with Gasteiger partial charge >= 0.3 is 0 Å². The molecule has 0 saturated carbocycles. The molecule has 1 unspecified atom stereocenters. The van der Waals surface area contributed by atoms with Gasteiger partial charge in [-0.05, 0) is 68.1 Å². The van der Waals surface area contributed by atoms with E-state index in [-0.39, 0.29) is 17.3 Å². The van der Waals surface area contributed by atoms with Gasteiger partial charge in [0.1, 0.15) is 0 Å². The van der Waals surface area contributed by atoms with Crippen LogP contribution < -0.4 is 4.80 Å². The number of thiazole rings is 1. The Hall–Kier alpha value is -2.04. The predicted molar refractivity (Wildman–Crippen MR) is 135 cm³/mol. The molecule has 7 nitrogen and oxygen atoms in total. The summed E-state index contributed by atoms with van der Waals surface area (Å²) in [5.74, 6) is -0.775. The third kappa shape index (κ3) is 5.13. The van der Waals surface area contributed by atoms with Gasteiger partial charge in [0, 0.05) is 31.8 Å². The van der Waals surface area contributed by atoms with E-state index in [1.54, 1.807) is 19.2 Å². The van der Waals surface area contributed by atoms with Crippen LogP contribution in [-0.4, -0.2) is 50.0 Å². The lowest BCUT2D eigenvalue weighted by atomic mass is 9.99. The molecule has 3 aromatic rings. The Morgan fingerprint density at radius 2 is 1.97 bits per heavy atom. The molecule has 10 heteroatoms. The van der Waals surface area contributed by atoms with Crippen molar-refractivity contribution in [2.24, 2.45) is 10.9 Å². The number of sulfonamides is 1. The van der Waals surface area contributed by atoms with E-state index >= 15 is 0 Å². The van der Waals surface area contributed by atoms with Crippen molar-refractivity contribution in [1.29, 1.82) is 0 Å². The number of hydrogen-bond acceptors (Lipinski definition) is 5. The van der Waals surface area contributed by atoms with Crippen molar-refractivity contribution in [3.05, 3.63) is 57.3 Å². The number of aromatic nitrogens is 1. The molecule has 0 spiro atoms. The first-order chi connectivity index (χ1) is 16.2. The standard InChI is InChI=1S/C24H28ClN3O4S2/c1-16-13-17(2)22-21(14-16)28(11-12-32-3)24(33-22)26-23(29)18-5-4-10-27(15-18)34(30,31)20-8-6-19(25)7-9-20/h6-9,13-14,18H,4-5,10-12,15H2,1-3H3. The average Bonchev–Trinajstić information content (AvgIpc) is 3.15. The highest BCUT2D eigenvalue weighted by Gasteiger charge is 2.33. The first-order valence-electron chi connectivity index (χ1n) is 11.1. The van der Waals surface area contributed by atoms with E-state index in [4.69, 9.17) is 16.3 Å². The second kappa shape index (κ2) is 10.3. The number of methoxy groups -OCH3 is 1. The third-order valence-electron chi connectivity index (χ3n) is 6.02. The second-order valence-electron chi connectivity index (χ2n) is 8.57. The van der Waals surface area contributed by atoms with E-state index in [0.29, 0.717) is 42.4 Å². The van der Waals surface area contributed by atoms with Gasteiger partial charge in [-0.2, -0.15) is 9.30 Å². The summed E-state index contributed by atoms with van der Waals surface area (Å²) in [4.78, 5) is 18.5. The highest BCUT2D eigenvalue weighted by molar-refractivity contribution is 7.89. The molecule has 1 aliphatic rings. The molecule has 1 amide bonds. The lowest BCUT2D eigenvalue weighted by Crippen LogP contribution is -2.42. The Morgan fingerprint density at radius 1 is 1.24 bits per heavy atom. The number of halogens is 1. The lowest BCUT2D eigenvalue weighted by molar-refractivity contribution is -0.122. The number of rotatable bonds is 6. The summed E-state index contributed by atoms with van der Waals surface area (Å²) < 4.78 is 36.0. The summed E-state index contributed by atoms with van der Waals surface area (Å²) in [5, 5.41) is 0.472. The smallest absolute Gasteiger partial charge is 0.252 e. The highest BCUT2D eigenvalue weighted by atomic mass is 35.5. The Morgan fingerprint density at radius 3 is 2.68 bits per heavy atom. The van der Waals surface area contributed by atoms with Gasteiger partial charge in [0.2, 0.25) is 10.0 Å². The van der Waals surface area contributed by atoms with Gasteiger partial charge in [0.25, 0.3) is 5.91 Å². The number of aryl methyl sites for hydroxylation is 2. The molecule has 1 aromatic heterocycles. The zero-order valence-electron chi connectivity index (χ0n) is 19.5. The number of carbonyl (C=O) groups is 1. The molecule has 2 aromatic carbocycles. The van der Waals surface area contributed by atoms with Gasteiger partial charge in [0.05, 0.1) is 27.6 Å². The van der Waals surface area contributed by atoms with E-state index in [1.165, 1.54) is 27.8 Å². The minimum atomic E-state index is -3.71. The van der Waals surface area contributed by atoms with Crippen LogP contribution in [-0.2, 0) is 26.1 Å². The topological polar surface area (TPSA) is 81.0 Å². The number of amides is 1. The number of ether oxygens (including phenoxy) is 1. The molecular weight excluding hydrogens is 494 g/mol. The van der Waals surface area contributed by atoms with E-state index in [0.717, 1.165) is 21.3 Å². The Balaban J connectivity index is 1.65. The molecule has 34 heavy (non-hydrogen) atoms. The molecule has 2 heterocycles. The second-order valence-corrected chi connectivity index (χ2v) is 11.9. The fraction of sp³-hybridized carbons (Fsp3) is 0.417. The number of carbonyl (C=O) groups excluding carboxylic acids is 1. The fourth-order valence-corrected chi connectivity index (χ4v) is 7.06. The predicted octanol–water partition coefficient (Wildman–Crippen LogP) is 4.15. The van der Waals surface area contributed by atoms with Gasteiger partial charge in [-0.15, -0.1) is 0 Å². The maximum absolute atomic E-state index is 13.2. The first kappa shape index (κ1) is 25.1. The molecule has 182 valence electrons. The van der Waals surface area contributed by atoms with Crippen LogP contribution in [0.3, 0.4) is 0 Å². The number of fused-ring (bicyclic) bond motifs is 1. The van der Waals surface area contributed by atoms with Crippen LogP contribution in [0.4, 0.5) is 0 Å². The zero-order chi connectivity index (χ0) is 24.5. The molecule has 0 radical (unpaired) electrons. The first-order valence-corrected chi connectivity index (χ1v) is 13.8. The van der Waals surface area contributed by atoms with Crippen LogP contribution in [0.25, 0.3) is 10.2 Å². The van der Waals surface area contributed by atoms with E-state index in [9.17, 15) is 13.2 Å². The minimum Gasteiger partial charge on any atom is -0.383 e. The molecule has 1 atom stereocenters.